The Hall–Kier alpha value is -3.14. The van der Waals surface area contributed by atoms with Crippen molar-refractivity contribution in [1.82, 2.24) is 10.2 Å². The molecule has 1 atom stereocenters. The molecule has 4 rings (SSSR count). The normalized spacial score (nSPS) is 16.4. The third kappa shape index (κ3) is 4.88. The van der Waals surface area contributed by atoms with Gasteiger partial charge in [-0.2, -0.15) is 0 Å². The van der Waals surface area contributed by atoms with Gasteiger partial charge < -0.3 is 10.2 Å². The lowest BCUT2D eigenvalue weighted by molar-refractivity contribution is -0.135. The third-order valence-electron chi connectivity index (χ3n) is 5.92. The predicted molar refractivity (Wildman–Crippen MR) is 120 cm³/mol. The molecule has 1 saturated heterocycles. The van der Waals surface area contributed by atoms with Crippen molar-refractivity contribution in [3.05, 3.63) is 83.9 Å². The molecule has 0 radical (unpaired) electrons. The van der Waals surface area contributed by atoms with Crippen molar-refractivity contribution in [2.75, 3.05) is 19.6 Å². The minimum Gasteiger partial charge on any atom is -0.355 e. The zero-order valence-corrected chi connectivity index (χ0v) is 17.2. The number of benzene rings is 3. The summed E-state index contributed by atoms with van der Waals surface area (Å²) in [6.07, 6.45) is 2.92. The first-order chi connectivity index (χ1) is 14.7. The van der Waals surface area contributed by atoms with Crippen molar-refractivity contribution in [1.29, 1.82) is 0 Å². The number of likely N-dealkylation sites (tertiary alicyclic amines) is 1. The number of hydrogen-bond donors (Lipinski definition) is 1. The largest absolute Gasteiger partial charge is 0.355 e. The minimum atomic E-state index is -0.119. The van der Waals surface area contributed by atoms with Gasteiger partial charge in [0, 0.05) is 19.6 Å². The molecule has 0 aliphatic carbocycles. The van der Waals surface area contributed by atoms with Crippen molar-refractivity contribution in [3.63, 3.8) is 0 Å². The van der Waals surface area contributed by atoms with Crippen LogP contribution < -0.4 is 5.32 Å². The summed E-state index contributed by atoms with van der Waals surface area (Å²) in [5.74, 6) is 0.0488. The van der Waals surface area contributed by atoms with E-state index in [0.717, 1.165) is 42.1 Å². The number of nitrogens with zero attached hydrogens (tertiary/aromatic N) is 1. The van der Waals surface area contributed by atoms with Gasteiger partial charge in [0.15, 0.2) is 0 Å². The summed E-state index contributed by atoms with van der Waals surface area (Å²) in [5.41, 5.74) is 2.26. The molecule has 1 N–H and O–H groups in total. The van der Waals surface area contributed by atoms with E-state index in [1.807, 2.05) is 47.4 Å². The molecule has 154 valence electrons. The number of carbonyl (C=O) groups is 2. The molecule has 0 saturated carbocycles. The van der Waals surface area contributed by atoms with Crippen LogP contribution in [0.5, 0.6) is 0 Å². The maximum absolute atomic E-state index is 13.0. The summed E-state index contributed by atoms with van der Waals surface area (Å²) in [6.45, 7) is 1.88. The molecule has 0 unspecified atom stereocenters. The lowest BCUT2D eigenvalue weighted by Crippen LogP contribution is -2.46. The number of hydrogen-bond acceptors (Lipinski definition) is 2. The molecular formula is C26H28N2O2. The molecule has 2 amide bonds. The molecule has 1 aliphatic heterocycles. The van der Waals surface area contributed by atoms with E-state index in [2.05, 4.69) is 35.6 Å². The summed E-state index contributed by atoms with van der Waals surface area (Å²) in [5, 5.41) is 5.33. The van der Waals surface area contributed by atoms with Gasteiger partial charge in [-0.3, -0.25) is 9.59 Å². The fourth-order valence-corrected chi connectivity index (χ4v) is 4.26. The Morgan fingerprint density at radius 2 is 1.70 bits per heavy atom. The average Bonchev–Trinajstić information content (AvgIpc) is 2.80. The fraction of sp³-hybridized carbons (Fsp3) is 0.308. The number of fused-ring (bicyclic) bond motifs is 1. The standard InChI is InChI=1S/C26H28N2O2/c29-25(18-22-12-6-11-21-10-4-5-14-24(21)22)28-17-7-13-23(19-28)26(30)27-16-15-20-8-2-1-3-9-20/h1-6,8-12,14,23H,7,13,15-19H2,(H,27,30)/t23-/m0/s1. The SMILES string of the molecule is O=C(NCCc1ccccc1)[C@H]1CCCN(C(=O)Cc2cccc3ccccc23)C1. The zero-order chi connectivity index (χ0) is 20.8. The van der Waals surface area contributed by atoms with E-state index in [4.69, 9.17) is 0 Å². The maximum Gasteiger partial charge on any atom is 0.227 e. The van der Waals surface area contributed by atoms with Crippen molar-refractivity contribution in [3.8, 4) is 0 Å². The van der Waals surface area contributed by atoms with Gasteiger partial charge in [-0.15, -0.1) is 0 Å². The topological polar surface area (TPSA) is 49.4 Å². The van der Waals surface area contributed by atoms with E-state index in [1.165, 1.54) is 5.56 Å². The highest BCUT2D eigenvalue weighted by atomic mass is 16.2. The fourth-order valence-electron chi connectivity index (χ4n) is 4.26. The number of rotatable bonds is 6. The minimum absolute atomic E-state index is 0.0635. The molecule has 4 nitrogen and oxygen atoms in total. The van der Waals surface area contributed by atoms with Crippen LogP contribution in [-0.2, 0) is 22.4 Å². The van der Waals surface area contributed by atoms with E-state index in [1.54, 1.807) is 0 Å². The van der Waals surface area contributed by atoms with Crippen LogP contribution in [0.25, 0.3) is 10.8 Å². The second kappa shape index (κ2) is 9.57. The van der Waals surface area contributed by atoms with E-state index >= 15 is 0 Å². The van der Waals surface area contributed by atoms with Crippen molar-refractivity contribution in [2.45, 2.75) is 25.7 Å². The van der Waals surface area contributed by atoms with Gasteiger partial charge in [0.05, 0.1) is 12.3 Å². The Bertz CT molecular complexity index is 1010. The molecule has 0 aromatic heterocycles. The van der Waals surface area contributed by atoms with Gasteiger partial charge in [0.2, 0.25) is 11.8 Å². The molecule has 4 heteroatoms. The maximum atomic E-state index is 13.0. The summed E-state index contributed by atoms with van der Waals surface area (Å²) in [7, 11) is 0. The van der Waals surface area contributed by atoms with Crippen molar-refractivity contribution >= 4 is 22.6 Å². The molecule has 3 aromatic carbocycles. The van der Waals surface area contributed by atoms with Crippen molar-refractivity contribution in [2.24, 2.45) is 5.92 Å². The molecule has 0 bridgehead atoms. The molecule has 1 aliphatic rings. The summed E-state index contributed by atoms with van der Waals surface area (Å²) < 4.78 is 0. The van der Waals surface area contributed by atoms with Gasteiger partial charge in [0.1, 0.15) is 0 Å². The van der Waals surface area contributed by atoms with Gasteiger partial charge in [-0.05, 0) is 41.2 Å². The van der Waals surface area contributed by atoms with Crippen LogP contribution >= 0.6 is 0 Å². The predicted octanol–water partition coefficient (Wildman–Crippen LogP) is 3.98. The smallest absolute Gasteiger partial charge is 0.227 e. The van der Waals surface area contributed by atoms with Crippen LogP contribution in [0.15, 0.2) is 72.8 Å². The quantitative estimate of drug-likeness (QED) is 0.680. The average molecular weight is 401 g/mol. The molecule has 30 heavy (non-hydrogen) atoms. The Kier molecular flexibility index (Phi) is 6.43. The second-order valence-corrected chi connectivity index (χ2v) is 8.02. The van der Waals surface area contributed by atoms with Crippen LogP contribution in [0.4, 0.5) is 0 Å². The molecule has 3 aromatic rings. The summed E-state index contributed by atoms with van der Waals surface area (Å²) >= 11 is 0. The van der Waals surface area contributed by atoms with Crippen LogP contribution in [-0.4, -0.2) is 36.3 Å². The van der Waals surface area contributed by atoms with Crippen LogP contribution in [0, 0.1) is 5.92 Å². The number of piperidine rings is 1. The molecule has 1 fully saturated rings. The molecule has 0 spiro atoms. The molecule has 1 heterocycles. The summed E-state index contributed by atoms with van der Waals surface area (Å²) in [6, 6.07) is 24.4. The van der Waals surface area contributed by atoms with E-state index in [-0.39, 0.29) is 17.7 Å². The zero-order valence-electron chi connectivity index (χ0n) is 17.2. The highest BCUT2D eigenvalue weighted by Gasteiger charge is 2.28. The Morgan fingerprint density at radius 1 is 0.933 bits per heavy atom. The van der Waals surface area contributed by atoms with Crippen molar-refractivity contribution < 1.29 is 9.59 Å². The van der Waals surface area contributed by atoms with Crippen LogP contribution in [0.3, 0.4) is 0 Å². The van der Waals surface area contributed by atoms with E-state index in [0.29, 0.717) is 19.5 Å². The van der Waals surface area contributed by atoms with Gasteiger partial charge in [-0.1, -0.05) is 72.8 Å². The lowest BCUT2D eigenvalue weighted by Gasteiger charge is -2.32. The first-order valence-corrected chi connectivity index (χ1v) is 10.8. The van der Waals surface area contributed by atoms with E-state index in [9.17, 15) is 9.59 Å². The Morgan fingerprint density at radius 3 is 2.57 bits per heavy atom. The highest BCUT2D eigenvalue weighted by Crippen LogP contribution is 2.22. The Labute approximate surface area is 177 Å². The van der Waals surface area contributed by atoms with Crippen LogP contribution in [0.1, 0.15) is 24.0 Å². The van der Waals surface area contributed by atoms with Gasteiger partial charge in [0.25, 0.3) is 0 Å². The van der Waals surface area contributed by atoms with Gasteiger partial charge >= 0.3 is 0 Å². The highest BCUT2D eigenvalue weighted by molar-refractivity contribution is 5.90. The van der Waals surface area contributed by atoms with E-state index < -0.39 is 0 Å². The first-order valence-electron chi connectivity index (χ1n) is 10.8. The monoisotopic (exact) mass is 400 g/mol. The second-order valence-electron chi connectivity index (χ2n) is 8.02. The number of nitrogens with one attached hydrogen (secondary N) is 1. The van der Waals surface area contributed by atoms with Gasteiger partial charge in [-0.25, -0.2) is 0 Å². The number of amides is 2. The Balaban J connectivity index is 1.32. The van der Waals surface area contributed by atoms with Crippen LogP contribution in [0.2, 0.25) is 0 Å². The third-order valence-corrected chi connectivity index (χ3v) is 5.92. The molecular weight excluding hydrogens is 372 g/mol. The number of carbonyl (C=O) groups excluding carboxylic acids is 2. The first kappa shape index (κ1) is 20.1. The summed E-state index contributed by atoms with van der Waals surface area (Å²) in [4.78, 5) is 27.5. The lowest BCUT2D eigenvalue weighted by atomic mass is 9.95.